The minimum Gasteiger partial charge on any atom is -0.478 e. The molecule has 0 spiro atoms. The number of aromatic amines is 1. The van der Waals surface area contributed by atoms with E-state index < -0.39 is 17.3 Å². The maximum atomic E-state index is 12.3. The number of carboxylic acids is 1. The zero-order valence-corrected chi connectivity index (χ0v) is 23.4. The summed E-state index contributed by atoms with van der Waals surface area (Å²) in [5.74, 6) is 0.733. The molecule has 2 N–H and O–H groups in total. The number of carboxylic acid groups (broad SMARTS) is 1. The third-order valence-corrected chi connectivity index (χ3v) is 7.22. The van der Waals surface area contributed by atoms with Crippen LogP contribution in [0, 0.1) is 0 Å². The lowest BCUT2D eigenvalue weighted by Gasteiger charge is -2.35. The topological polar surface area (TPSA) is 108 Å². The minimum absolute atomic E-state index is 0.148. The molecule has 5 rings (SSSR count). The molecule has 41 heavy (non-hydrogen) atoms. The smallest absolute Gasteiger partial charge is 0.349 e. The highest BCUT2D eigenvalue weighted by atomic mass is 35.5. The molecule has 9 nitrogen and oxygen atoms in total. The van der Waals surface area contributed by atoms with E-state index in [0.717, 1.165) is 43.3 Å². The zero-order chi connectivity index (χ0) is 28.8. The third kappa shape index (κ3) is 7.45. The zero-order valence-electron chi connectivity index (χ0n) is 22.6. The summed E-state index contributed by atoms with van der Waals surface area (Å²) < 4.78 is 11.7. The summed E-state index contributed by atoms with van der Waals surface area (Å²) in [4.78, 5) is 35.6. The van der Waals surface area contributed by atoms with E-state index in [1.807, 2.05) is 30.3 Å². The Morgan fingerprint density at radius 2 is 1.61 bits per heavy atom. The van der Waals surface area contributed by atoms with Gasteiger partial charge in [-0.3, -0.25) is 9.88 Å². The second kappa shape index (κ2) is 12.4. The number of nitrogens with zero attached hydrogens (tertiary/aromatic N) is 3. The Morgan fingerprint density at radius 3 is 2.27 bits per heavy atom. The fourth-order valence-corrected chi connectivity index (χ4v) is 4.86. The second-order valence-electron chi connectivity index (χ2n) is 10.2. The van der Waals surface area contributed by atoms with E-state index in [4.69, 9.17) is 21.1 Å². The molecular formula is C31H31ClN4O5. The van der Waals surface area contributed by atoms with Gasteiger partial charge in [0.05, 0.1) is 0 Å². The number of rotatable bonds is 10. The van der Waals surface area contributed by atoms with E-state index in [9.17, 15) is 14.7 Å². The molecule has 3 aromatic carbocycles. The Hall–Kier alpha value is -4.34. The van der Waals surface area contributed by atoms with Gasteiger partial charge in [0.1, 0.15) is 17.3 Å². The van der Waals surface area contributed by atoms with Crippen LogP contribution in [0.1, 0.15) is 18.1 Å². The first kappa shape index (κ1) is 28.2. The number of carbonyl (C=O) groups is 1. The van der Waals surface area contributed by atoms with E-state index in [2.05, 4.69) is 19.8 Å². The van der Waals surface area contributed by atoms with Gasteiger partial charge in [-0.25, -0.2) is 9.59 Å². The van der Waals surface area contributed by atoms with Crippen LogP contribution in [-0.4, -0.2) is 57.7 Å². The van der Waals surface area contributed by atoms with Crippen molar-refractivity contribution in [3.8, 4) is 17.4 Å². The van der Waals surface area contributed by atoms with E-state index in [1.165, 1.54) is 5.56 Å². The summed E-state index contributed by atoms with van der Waals surface area (Å²) in [6.45, 7) is 5.56. The largest absolute Gasteiger partial charge is 0.478 e. The fraction of sp³-hybridized carbons (Fsp3) is 0.258. The number of hydrogen-bond acceptors (Lipinski definition) is 7. The molecule has 0 radical (unpaired) electrons. The van der Waals surface area contributed by atoms with E-state index in [0.29, 0.717) is 17.3 Å². The number of aromatic nitrogens is 2. The average Bonchev–Trinajstić information content (AvgIpc) is 2.96. The van der Waals surface area contributed by atoms with Crippen molar-refractivity contribution in [3.05, 3.63) is 112 Å². The van der Waals surface area contributed by atoms with Gasteiger partial charge in [0, 0.05) is 50.2 Å². The molecule has 1 unspecified atom stereocenters. The number of H-pyrrole nitrogens is 1. The van der Waals surface area contributed by atoms with Gasteiger partial charge in [-0.15, -0.1) is 0 Å². The van der Waals surface area contributed by atoms with Crippen LogP contribution in [0.5, 0.6) is 17.4 Å². The van der Waals surface area contributed by atoms with Crippen molar-refractivity contribution in [3.63, 3.8) is 0 Å². The van der Waals surface area contributed by atoms with Gasteiger partial charge < -0.3 is 19.5 Å². The van der Waals surface area contributed by atoms with Crippen LogP contribution in [0.15, 0.2) is 89.7 Å². The van der Waals surface area contributed by atoms with Crippen molar-refractivity contribution in [1.82, 2.24) is 14.9 Å². The summed E-state index contributed by atoms with van der Waals surface area (Å²) in [6.07, 6.45) is 0.148. The highest BCUT2D eigenvalue weighted by Gasteiger charge is 2.36. The summed E-state index contributed by atoms with van der Waals surface area (Å²) in [6, 6.07) is 25.5. The van der Waals surface area contributed by atoms with E-state index >= 15 is 0 Å². The van der Waals surface area contributed by atoms with Crippen LogP contribution >= 0.6 is 11.6 Å². The summed E-state index contributed by atoms with van der Waals surface area (Å²) in [7, 11) is 0. The Morgan fingerprint density at radius 1 is 0.951 bits per heavy atom. The molecule has 0 aliphatic carbocycles. The second-order valence-corrected chi connectivity index (χ2v) is 10.6. The first-order valence-corrected chi connectivity index (χ1v) is 13.7. The predicted octanol–water partition coefficient (Wildman–Crippen LogP) is 5.00. The molecule has 0 amide bonds. The van der Waals surface area contributed by atoms with Gasteiger partial charge >= 0.3 is 11.7 Å². The van der Waals surface area contributed by atoms with Gasteiger partial charge in [0.25, 0.3) is 0 Å². The molecule has 10 heteroatoms. The van der Waals surface area contributed by atoms with Crippen molar-refractivity contribution in [2.45, 2.75) is 25.5 Å². The number of aliphatic carboxylic acids is 1. The average molecular weight is 575 g/mol. The Labute approximate surface area is 242 Å². The van der Waals surface area contributed by atoms with Crippen LogP contribution in [-0.2, 0) is 17.8 Å². The number of para-hydroxylation sites is 1. The molecule has 1 fully saturated rings. The van der Waals surface area contributed by atoms with Crippen LogP contribution in [0.3, 0.4) is 0 Å². The molecule has 1 saturated heterocycles. The Balaban J connectivity index is 1.20. The molecule has 4 aromatic rings. The van der Waals surface area contributed by atoms with Crippen molar-refractivity contribution >= 4 is 23.4 Å². The molecule has 1 aliphatic rings. The number of piperazine rings is 1. The first-order valence-electron chi connectivity index (χ1n) is 13.3. The monoisotopic (exact) mass is 574 g/mol. The standard InChI is InChI=1S/C31H31ClN4O5/c1-31(29(37)38,41-26-5-3-2-4-6-26)20-22-9-13-25(14-10-22)40-28-19-27(33-30(39)34-28)36-17-15-35(16-18-36)21-23-7-11-24(32)12-8-23/h2-14,19H,15-18,20-21H2,1H3,(H,37,38)(H,33,34,39). The van der Waals surface area contributed by atoms with Crippen molar-refractivity contribution < 1.29 is 19.4 Å². The lowest BCUT2D eigenvalue weighted by atomic mass is 9.96. The molecule has 1 atom stereocenters. The van der Waals surface area contributed by atoms with Crippen LogP contribution in [0.4, 0.5) is 5.82 Å². The number of nitrogens with one attached hydrogen (secondary N) is 1. The summed E-state index contributed by atoms with van der Waals surface area (Å²) in [5.41, 5.74) is 0.0200. The van der Waals surface area contributed by atoms with Crippen molar-refractivity contribution in [2.75, 3.05) is 31.1 Å². The maximum Gasteiger partial charge on any atom is 0.349 e. The minimum atomic E-state index is -1.45. The van der Waals surface area contributed by atoms with Gasteiger partial charge in [-0.2, -0.15) is 4.98 Å². The Kier molecular flexibility index (Phi) is 8.56. The van der Waals surface area contributed by atoms with Gasteiger partial charge in [-0.05, 0) is 54.4 Å². The predicted molar refractivity (Wildman–Crippen MR) is 157 cm³/mol. The highest BCUT2D eigenvalue weighted by Crippen LogP contribution is 2.26. The normalized spacial score (nSPS) is 15.2. The maximum absolute atomic E-state index is 12.3. The molecule has 212 valence electrons. The van der Waals surface area contributed by atoms with Gasteiger partial charge in [0.2, 0.25) is 11.5 Å². The van der Waals surface area contributed by atoms with Gasteiger partial charge in [-0.1, -0.05) is 54.1 Å². The third-order valence-electron chi connectivity index (χ3n) is 6.97. The quantitative estimate of drug-likeness (QED) is 0.272. The number of ether oxygens (including phenoxy) is 2. The van der Waals surface area contributed by atoms with Crippen molar-refractivity contribution in [1.29, 1.82) is 0 Å². The molecule has 1 aromatic heterocycles. The lowest BCUT2D eigenvalue weighted by Crippen LogP contribution is -2.46. The van der Waals surface area contributed by atoms with Gasteiger partial charge in [0.15, 0.2) is 0 Å². The molecule has 0 saturated carbocycles. The molecular weight excluding hydrogens is 544 g/mol. The fourth-order valence-electron chi connectivity index (χ4n) is 4.73. The van der Waals surface area contributed by atoms with E-state index in [-0.39, 0.29) is 12.3 Å². The molecule has 2 heterocycles. The number of anilines is 1. The number of halogens is 1. The highest BCUT2D eigenvalue weighted by molar-refractivity contribution is 6.30. The number of hydrogen-bond donors (Lipinski definition) is 2. The summed E-state index contributed by atoms with van der Waals surface area (Å²) in [5, 5.41) is 10.6. The first-order chi connectivity index (χ1) is 19.8. The molecule has 1 aliphatic heterocycles. The lowest BCUT2D eigenvalue weighted by molar-refractivity contribution is -0.153. The molecule has 0 bridgehead atoms. The van der Waals surface area contributed by atoms with E-state index in [1.54, 1.807) is 61.5 Å². The Bertz CT molecular complexity index is 1520. The van der Waals surface area contributed by atoms with Crippen LogP contribution < -0.4 is 20.1 Å². The van der Waals surface area contributed by atoms with Crippen LogP contribution in [0.2, 0.25) is 5.02 Å². The number of benzene rings is 3. The van der Waals surface area contributed by atoms with Crippen LogP contribution in [0.25, 0.3) is 0 Å². The van der Waals surface area contributed by atoms with Crippen molar-refractivity contribution in [2.24, 2.45) is 0 Å². The summed E-state index contributed by atoms with van der Waals surface area (Å²) >= 11 is 5.99. The SMILES string of the molecule is CC(Cc1ccc(Oc2cc(N3CCN(Cc4ccc(Cl)cc4)CC3)[nH]c(=O)n2)cc1)(Oc1ccccc1)C(=O)O.